The number of rotatable bonds is 3. The largest absolute Gasteiger partial charge is 0.481 e. The van der Waals surface area contributed by atoms with Gasteiger partial charge < -0.3 is 5.11 Å². The van der Waals surface area contributed by atoms with Crippen LogP contribution in [-0.4, -0.2) is 11.1 Å². The summed E-state index contributed by atoms with van der Waals surface area (Å²) in [6, 6.07) is 4.64. The molecule has 1 heterocycles. The third kappa shape index (κ3) is 2.07. The summed E-state index contributed by atoms with van der Waals surface area (Å²) in [7, 11) is 0. The predicted molar refractivity (Wildman–Crippen MR) is 62.5 cm³/mol. The van der Waals surface area contributed by atoms with Crippen molar-refractivity contribution >= 4 is 27.4 Å². The minimum Gasteiger partial charge on any atom is -0.481 e. The van der Waals surface area contributed by atoms with E-state index in [1.165, 1.54) is 23.5 Å². The van der Waals surface area contributed by atoms with E-state index in [1.807, 2.05) is 6.92 Å². The summed E-state index contributed by atoms with van der Waals surface area (Å²) in [5, 5.41) is 9.64. The fourth-order valence-corrected chi connectivity index (χ4v) is 2.93. The SMILES string of the molecule is Cc1sc2cc(F)ccc2c1CCC(=O)O. The lowest BCUT2D eigenvalue weighted by Gasteiger charge is -1.98. The number of hydrogen-bond donors (Lipinski definition) is 1. The van der Waals surface area contributed by atoms with Crippen LogP contribution in [0.1, 0.15) is 16.9 Å². The Morgan fingerprint density at radius 2 is 2.25 bits per heavy atom. The van der Waals surface area contributed by atoms with Crippen LogP contribution in [0.4, 0.5) is 4.39 Å². The first-order valence-electron chi connectivity index (χ1n) is 4.97. The van der Waals surface area contributed by atoms with Crippen molar-refractivity contribution in [3.05, 3.63) is 34.5 Å². The van der Waals surface area contributed by atoms with Crippen molar-refractivity contribution < 1.29 is 14.3 Å². The second kappa shape index (κ2) is 4.22. The Kier molecular flexibility index (Phi) is 2.92. The van der Waals surface area contributed by atoms with Crippen LogP contribution in [0.25, 0.3) is 10.1 Å². The van der Waals surface area contributed by atoms with Crippen LogP contribution in [0.5, 0.6) is 0 Å². The number of thiophene rings is 1. The van der Waals surface area contributed by atoms with E-state index in [4.69, 9.17) is 5.11 Å². The number of aryl methyl sites for hydroxylation is 2. The Morgan fingerprint density at radius 1 is 1.50 bits per heavy atom. The van der Waals surface area contributed by atoms with Crippen LogP contribution in [0, 0.1) is 12.7 Å². The highest BCUT2D eigenvalue weighted by Crippen LogP contribution is 2.32. The summed E-state index contributed by atoms with van der Waals surface area (Å²) in [5.74, 6) is -1.06. The number of carbonyl (C=O) groups is 1. The lowest BCUT2D eigenvalue weighted by molar-refractivity contribution is -0.136. The van der Waals surface area contributed by atoms with Crippen molar-refractivity contribution in [2.75, 3.05) is 0 Å². The molecule has 4 heteroatoms. The van der Waals surface area contributed by atoms with Gasteiger partial charge in [-0.05, 0) is 36.4 Å². The van der Waals surface area contributed by atoms with Crippen molar-refractivity contribution in [1.29, 1.82) is 0 Å². The van der Waals surface area contributed by atoms with Crippen LogP contribution in [0.2, 0.25) is 0 Å². The van der Waals surface area contributed by atoms with Gasteiger partial charge >= 0.3 is 5.97 Å². The van der Waals surface area contributed by atoms with E-state index in [1.54, 1.807) is 6.07 Å². The second-order valence-electron chi connectivity index (χ2n) is 3.67. The topological polar surface area (TPSA) is 37.3 Å². The zero-order valence-electron chi connectivity index (χ0n) is 8.79. The monoisotopic (exact) mass is 238 g/mol. The molecule has 84 valence electrons. The van der Waals surface area contributed by atoms with Gasteiger partial charge in [-0.15, -0.1) is 11.3 Å². The molecule has 0 amide bonds. The maximum Gasteiger partial charge on any atom is 0.303 e. The first-order chi connectivity index (χ1) is 7.58. The fourth-order valence-electron chi connectivity index (χ4n) is 1.79. The Labute approximate surface area is 96.3 Å². The summed E-state index contributed by atoms with van der Waals surface area (Å²) >= 11 is 1.51. The van der Waals surface area contributed by atoms with Crippen LogP contribution in [-0.2, 0) is 11.2 Å². The predicted octanol–water partition coefficient (Wildman–Crippen LogP) is 3.37. The molecule has 0 saturated heterocycles. The van der Waals surface area contributed by atoms with Gasteiger partial charge in [0.25, 0.3) is 0 Å². The van der Waals surface area contributed by atoms with E-state index < -0.39 is 5.97 Å². The Balaban J connectivity index is 2.43. The molecule has 0 spiro atoms. The molecular weight excluding hydrogens is 227 g/mol. The molecular formula is C12H11FO2S. The van der Waals surface area contributed by atoms with E-state index in [9.17, 15) is 9.18 Å². The molecule has 0 unspecified atom stereocenters. The van der Waals surface area contributed by atoms with Gasteiger partial charge in [0.2, 0.25) is 0 Å². The van der Waals surface area contributed by atoms with Crippen molar-refractivity contribution in [2.24, 2.45) is 0 Å². The van der Waals surface area contributed by atoms with E-state index in [0.717, 1.165) is 20.5 Å². The van der Waals surface area contributed by atoms with Crippen LogP contribution >= 0.6 is 11.3 Å². The van der Waals surface area contributed by atoms with Gasteiger partial charge in [0.1, 0.15) is 5.82 Å². The highest BCUT2D eigenvalue weighted by atomic mass is 32.1. The highest BCUT2D eigenvalue weighted by Gasteiger charge is 2.10. The van der Waals surface area contributed by atoms with Crippen molar-refractivity contribution in [3.63, 3.8) is 0 Å². The standard InChI is InChI=1S/C12H11FO2S/c1-7-9(4-5-12(14)15)10-3-2-8(13)6-11(10)16-7/h2-3,6H,4-5H2,1H3,(H,14,15). The maximum atomic E-state index is 13.0. The maximum absolute atomic E-state index is 13.0. The summed E-state index contributed by atoms with van der Waals surface area (Å²) in [5.41, 5.74) is 1.03. The van der Waals surface area contributed by atoms with Crippen molar-refractivity contribution in [3.8, 4) is 0 Å². The van der Waals surface area contributed by atoms with Gasteiger partial charge in [-0.1, -0.05) is 6.07 Å². The quantitative estimate of drug-likeness (QED) is 0.890. The zero-order valence-corrected chi connectivity index (χ0v) is 9.60. The number of carboxylic acids is 1. The molecule has 1 aromatic heterocycles. The first kappa shape index (κ1) is 11.1. The third-order valence-corrected chi connectivity index (χ3v) is 3.66. The van der Waals surface area contributed by atoms with Gasteiger partial charge in [-0.2, -0.15) is 0 Å². The molecule has 0 atom stereocenters. The fraction of sp³-hybridized carbons (Fsp3) is 0.250. The molecule has 0 aliphatic heterocycles. The molecule has 2 aromatic rings. The average Bonchev–Trinajstić information content (AvgIpc) is 2.50. The van der Waals surface area contributed by atoms with Gasteiger partial charge in [0.05, 0.1) is 0 Å². The molecule has 2 nitrogen and oxygen atoms in total. The Hall–Kier alpha value is -1.42. The van der Waals surface area contributed by atoms with Gasteiger partial charge in [-0.25, -0.2) is 4.39 Å². The summed E-state index contributed by atoms with van der Waals surface area (Å²) in [4.78, 5) is 11.6. The Morgan fingerprint density at radius 3 is 2.94 bits per heavy atom. The third-order valence-electron chi connectivity index (χ3n) is 2.55. The first-order valence-corrected chi connectivity index (χ1v) is 5.79. The smallest absolute Gasteiger partial charge is 0.303 e. The van der Waals surface area contributed by atoms with E-state index in [2.05, 4.69) is 0 Å². The number of carboxylic acid groups (broad SMARTS) is 1. The van der Waals surface area contributed by atoms with Crippen LogP contribution in [0.3, 0.4) is 0 Å². The second-order valence-corrected chi connectivity index (χ2v) is 4.93. The van der Waals surface area contributed by atoms with Crippen molar-refractivity contribution in [1.82, 2.24) is 0 Å². The molecule has 0 bridgehead atoms. The van der Waals surface area contributed by atoms with Crippen molar-refractivity contribution in [2.45, 2.75) is 19.8 Å². The minimum absolute atomic E-state index is 0.115. The highest BCUT2D eigenvalue weighted by molar-refractivity contribution is 7.19. The lowest BCUT2D eigenvalue weighted by Crippen LogP contribution is -1.97. The van der Waals surface area contributed by atoms with Gasteiger partial charge in [0, 0.05) is 16.0 Å². The molecule has 1 aromatic carbocycles. The van der Waals surface area contributed by atoms with Gasteiger partial charge in [0.15, 0.2) is 0 Å². The van der Waals surface area contributed by atoms with E-state index >= 15 is 0 Å². The lowest BCUT2D eigenvalue weighted by atomic mass is 10.1. The zero-order chi connectivity index (χ0) is 11.7. The minimum atomic E-state index is -0.805. The number of aliphatic carboxylic acids is 1. The molecule has 1 N–H and O–H groups in total. The number of halogens is 1. The Bertz CT molecular complexity index is 545. The normalized spacial score (nSPS) is 10.9. The molecule has 0 fully saturated rings. The molecule has 0 radical (unpaired) electrons. The van der Waals surface area contributed by atoms with E-state index in [0.29, 0.717) is 6.42 Å². The molecule has 2 rings (SSSR count). The number of benzene rings is 1. The van der Waals surface area contributed by atoms with Gasteiger partial charge in [-0.3, -0.25) is 4.79 Å². The average molecular weight is 238 g/mol. The molecule has 0 aliphatic carbocycles. The number of hydrogen-bond acceptors (Lipinski definition) is 2. The molecule has 16 heavy (non-hydrogen) atoms. The summed E-state index contributed by atoms with van der Waals surface area (Å²) < 4.78 is 13.9. The summed E-state index contributed by atoms with van der Waals surface area (Å²) in [6.45, 7) is 1.94. The molecule has 0 aliphatic rings. The van der Waals surface area contributed by atoms with Crippen LogP contribution < -0.4 is 0 Å². The van der Waals surface area contributed by atoms with E-state index in [-0.39, 0.29) is 12.2 Å². The summed E-state index contributed by atoms with van der Waals surface area (Å²) in [6.07, 6.45) is 0.622. The number of fused-ring (bicyclic) bond motifs is 1. The molecule has 0 saturated carbocycles. The van der Waals surface area contributed by atoms with Crippen LogP contribution in [0.15, 0.2) is 18.2 Å².